The second-order valence-electron chi connectivity index (χ2n) is 3.97. The van der Waals surface area contributed by atoms with Crippen molar-refractivity contribution < 1.29 is 4.79 Å². The number of carbonyl (C=O) groups is 1. The van der Waals surface area contributed by atoms with Crippen LogP contribution in [-0.4, -0.2) is 19.0 Å². The summed E-state index contributed by atoms with van der Waals surface area (Å²) in [6.07, 6.45) is 5.62. The van der Waals surface area contributed by atoms with Crippen molar-refractivity contribution >= 4 is 23.3 Å². The van der Waals surface area contributed by atoms with E-state index in [-0.39, 0.29) is 0 Å². The molecule has 1 fully saturated rings. The van der Waals surface area contributed by atoms with Crippen molar-refractivity contribution in [3.63, 3.8) is 0 Å². The van der Waals surface area contributed by atoms with Crippen LogP contribution in [0.25, 0.3) is 0 Å². The van der Waals surface area contributed by atoms with Crippen molar-refractivity contribution in [2.75, 3.05) is 7.05 Å². The molecular formula is C12H15NOS. The molecule has 0 aliphatic heterocycles. The fraction of sp³-hybridized carbons (Fsp3) is 0.500. The lowest BCUT2D eigenvalue weighted by Gasteiger charge is -2.31. The molecule has 15 heavy (non-hydrogen) atoms. The van der Waals surface area contributed by atoms with Crippen LogP contribution in [-0.2, 0) is 10.2 Å². The number of carbonyl (C=O) groups excluding carboxylic acids is 1. The van der Waals surface area contributed by atoms with Crippen molar-refractivity contribution in [1.82, 2.24) is 0 Å². The van der Waals surface area contributed by atoms with Gasteiger partial charge in [0.15, 0.2) is 0 Å². The van der Waals surface area contributed by atoms with Gasteiger partial charge in [-0.1, -0.05) is 12.5 Å². The molecule has 3 heteroatoms. The number of hydrogen-bond acceptors (Lipinski definition) is 3. The molecule has 0 spiro atoms. The van der Waals surface area contributed by atoms with Crippen LogP contribution in [0.3, 0.4) is 0 Å². The maximum Gasteiger partial charge on any atom is 0.149 e. The Morgan fingerprint density at radius 2 is 2.40 bits per heavy atom. The summed E-state index contributed by atoms with van der Waals surface area (Å²) in [5.41, 5.74) is -0.402. The summed E-state index contributed by atoms with van der Waals surface area (Å²) in [6, 6.07) is 4.06. The third kappa shape index (κ3) is 1.76. The van der Waals surface area contributed by atoms with Gasteiger partial charge in [-0.3, -0.25) is 9.79 Å². The zero-order valence-corrected chi connectivity index (χ0v) is 9.72. The largest absolute Gasteiger partial charge is 0.299 e. The van der Waals surface area contributed by atoms with Crippen LogP contribution in [0.4, 0.5) is 0 Å². The van der Waals surface area contributed by atoms with Gasteiger partial charge in [-0.15, -0.1) is 11.3 Å². The van der Waals surface area contributed by atoms with E-state index in [0.29, 0.717) is 12.2 Å². The first-order chi connectivity index (χ1) is 7.29. The summed E-state index contributed by atoms with van der Waals surface area (Å²) < 4.78 is 0. The maximum absolute atomic E-state index is 12.1. The lowest BCUT2D eigenvalue weighted by atomic mass is 9.73. The van der Waals surface area contributed by atoms with E-state index in [1.807, 2.05) is 17.7 Å². The first kappa shape index (κ1) is 10.6. The molecule has 0 bridgehead atoms. The first-order valence-electron chi connectivity index (χ1n) is 5.30. The second-order valence-corrected chi connectivity index (χ2v) is 4.91. The zero-order chi connectivity index (χ0) is 10.7. The molecule has 1 atom stereocenters. The Balaban J connectivity index is 2.43. The number of hydrogen-bond donors (Lipinski definition) is 0. The summed E-state index contributed by atoms with van der Waals surface area (Å²) in [5, 5.41) is 2.03. The number of rotatable bonds is 2. The van der Waals surface area contributed by atoms with Gasteiger partial charge < -0.3 is 0 Å². The van der Waals surface area contributed by atoms with Crippen molar-refractivity contribution in [1.29, 1.82) is 0 Å². The van der Waals surface area contributed by atoms with E-state index >= 15 is 0 Å². The van der Waals surface area contributed by atoms with Gasteiger partial charge in [-0.2, -0.15) is 0 Å². The van der Waals surface area contributed by atoms with E-state index in [9.17, 15) is 4.79 Å². The Morgan fingerprint density at radius 1 is 1.53 bits per heavy atom. The smallest absolute Gasteiger partial charge is 0.149 e. The topological polar surface area (TPSA) is 29.4 Å². The monoisotopic (exact) mass is 221 g/mol. The quantitative estimate of drug-likeness (QED) is 0.706. The molecule has 1 heterocycles. The Hall–Kier alpha value is -0.960. The summed E-state index contributed by atoms with van der Waals surface area (Å²) in [7, 11) is 1.75. The summed E-state index contributed by atoms with van der Waals surface area (Å²) in [4.78, 5) is 17.4. The van der Waals surface area contributed by atoms with Gasteiger partial charge in [-0.25, -0.2) is 0 Å². The fourth-order valence-electron chi connectivity index (χ4n) is 2.27. The lowest BCUT2D eigenvalue weighted by molar-refractivity contribution is -0.123. The van der Waals surface area contributed by atoms with Crippen LogP contribution in [0.1, 0.15) is 30.6 Å². The van der Waals surface area contributed by atoms with Crippen molar-refractivity contribution in [3.05, 3.63) is 22.4 Å². The highest BCUT2D eigenvalue weighted by atomic mass is 32.1. The third-order valence-corrected chi connectivity index (χ3v) is 4.08. The minimum Gasteiger partial charge on any atom is -0.299 e. The molecule has 0 aromatic carbocycles. The molecule has 0 amide bonds. The third-order valence-electron chi connectivity index (χ3n) is 3.03. The van der Waals surface area contributed by atoms with Gasteiger partial charge in [0.05, 0.1) is 5.41 Å². The number of nitrogens with zero attached hydrogens (tertiary/aromatic N) is 1. The van der Waals surface area contributed by atoms with Gasteiger partial charge in [0.1, 0.15) is 5.78 Å². The predicted molar refractivity (Wildman–Crippen MR) is 63.9 cm³/mol. The fourth-order valence-corrected chi connectivity index (χ4v) is 3.21. The van der Waals surface area contributed by atoms with E-state index in [4.69, 9.17) is 0 Å². The Kier molecular flexibility index (Phi) is 3.00. The number of thiophene rings is 1. The molecule has 1 aliphatic carbocycles. The maximum atomic E-state index is 12.1. The molecule has 1 aromatic rings. The van der Waals surface area contributed by atoms with E-state index in [1.165, 1.54) is 0 Å². The Bertz CT molecular complexity index is 369. The van der Waals surface area contributed by atoms with Crippen molar-refractivity contribution in [3.8, 4) is 0 Å². The normalized spacial score (nSPS) is 27.4. The zero-order valence-electron chi connectivity index (χ0n) is 8.90. The number of aliphatic imine (C=N–C) groups is 1. The van der Waals surface area contributed by atoms with Crippen LogP contribution in [0, 0.1) is 0 Å². The SMILES string of the molecule is C/N=C\[C@]1(c2cccs2)CCCCC1=O. The average Bonchev–Trinajstić information content (AvgIpc) is 2.75. The van der Waals surface area contributed by atoms with Crippen LogP contribution < -0.4 is 0 Å². The second kappa shape index (κ2) is 4.27. The molecular weight excluding hydrogens is 206 g/mol. The minimum atomic E-state index is -0.402. The molecule has 2 nitrogen and oxygen atoms in total. The molecule has 80 valence electrons. The molecule has 0 radical (unpaired) electrons. The molecule has 1 saturated carbocycles. The van der Waals surface area contributed by atoms with E-state index in [2.05, 4.69) is 11.1 Å². The molecule has 1 aromatic heterocycles. The lowest BCUT2D eigenvalue weighted by Crippen LogP contribution is -2.39. The number of Topliss-reactive ketones (excluding diaryl/α,β-unsaturated/α-hetero) is 1. The minimum absolute atomic E-state index is 0.335. The Morgan fingerprint density at radius 3 is 3.00 bits per heavy atom. The predicted octanol–water partition coefficient (Wildman–Crippen LogP) is 2.83. The molecule has 2 rings (SSSR count). The van der Waals surface area contributed by atoms with Gasteiger partial charge in [0.25, 0.3) is 0 Å². The van der Waals surface area contributed by atoms with Crippen molar-refractivity contribution in [2.45, 2.75) is 31.1 Å². The standard InChI is InChI=1S/C12H15NOS/c1-13-9-12(11-6-4-8-15-11)7-3-2-5-10(12)14/h4,6,8-9H,2-3,5,7H2,1H3/b13-9-/t12-/m1/s1. The molecule has 0 N–H and O–H groups in total. The highest BCUT2D eigenvalue weighted by Crippen LogP contribution is 2.37. The van der Waals surface area contributed by atoms with Crippen LogP contribution in [0.2, 0.25) is 0 Å². The highest BCUT2D eigenvalue weighted by Gasteiger charge is 2.40. The van der Waals surface area contributed by atoms with E-state index < -0.39 is 5.41 Å². The van der Waals surface area contributed by atoms with Gasteiger partial charge >= 0.3 is 0 Å². The Labute approximate surface area is 94.0 Å². The molecule has 0 saturated heterocycles. The summed E-state index contributed by atoms with van der Waals surface area (Å²) in [6.45, 7) is 0. The summed E-state index contributed by atoms with van der Waals surface area (Å²) in [5.74, 6) is 0.335. The van der Waals surface area contributed by atoms with E-state index in [0.717, 1.165) is 24.1 Å². The summed E-state index contributed by atoms with van der Waals surface area (Å²) >= 11 is 1.66. The average molecular weight is 221 g/mol. The van der Waals surface area contributed by atoms with Gasteiger partial charge in [0, 0.05) is 24.6 Å². The molecule has 0 unspecified atom stereocenters. The van der Waals surface area contributed by atoms with Crippen molar-refractivity contribution in [2.24, 2.45) is 4.99 Å². The van der Waals surface area contributed by atoms with Gasteiger partial charge in [-0.05, 0) is 24.3 Å². The number of ketones is 1. The van der Waals surface area contributed by atoms with Crippen LogP contribution >= 0.6 is 11.3 Å². The van der Waals surface area contributed by atoms with E-state index in [1.54, 1.807) is 18.4 Å². The first-order valence-corrected chi connectivity index (χ1v) is 6.18. The highest BCUT2D eigenvalue weighted by molar-refractivity contribution is 7.10. The van der Waals surface area contributed by atoms with Crippen LogP contribution in [0.15, 0.2) is 22.5 Å². The van der Waals surface area contributed by atoms with Crippen LogP contribution in [0.5, 0.6) is 0 Å². The van der Waals surface area contributed by atoms with Gasteiger partial charge in [0.2, 0.25) is 0 Å². The molecule has 1 aliphatic rings.